The maximum atomic E-state index is 13.1. The highest BCUT2D eigenvalue weighted by atomic mass is 35.5. The molecule has 0 radical (unpaired) electrons. The first-order chi connectivity index (χ1) is 11.4. The fourth-order valence-corrected chi connectivity index (χ4v) is 6.60. The molecule has 1 N–H and O–H groups in total. The molecule has 3 fully saturated rings. The summed E-state index contributed by atoms with van der Waals surface area (Å²) in [6.07, 6.45) is 5.66. The van der Waals surface area contributed by atoms with E-state index in [-0.39, 0.29) is 36.3 Å². The number of rotatable bonds is 3. The second-order valence-electron chi connectivity index (χ2n) is 7.67. The van der Waals surface area contributed by atoms with E-state index in [1.807, 2.05) is 18.7 Å². The molecule has 0 aromatic rings. The van der Waals surface area contributed by atoms with Gasteiger partial charge in [0.25, 0.3) is 0 Å². The van der Waals surface area contributed by atoms with E-state index in [9.17, 15) is 13.2 Å². The van der Waals surface area contributed by atoms with Crippen LogP contribution in [0.25, 0.3) is 0 Å². The Hall–Kier alpha value is -0.370. The summed E-state index contributed by atoms with van der Waals surface area (Å²) < 4.78 is 28.0. The molecule has 0 bridgehead atoms. The fourth-order valence-electron chi connectivity index (χ4n) is 4.39. The van der Waals surface area contributed by atoms with Crippen LogP contribution < -0.4 is 5.32 Å². The maximum absolute atomic E-state index is 13.1. The lowest BCUT2D eigenvalue weighted by Crippen LogP contribution is -2.60. The Morgan fingerprint density at radius 1 is 1.04 bits per heavy atom. The summed E-state index contributed by atoms with van der Waals surface area (Å²) in [5.74, 6) is 0.318. The van der Waals surface area contributed by atoms with Crippen LogP contribution in [-0.2, 0) is 14.8 Å². The van der Waals surface area contributed by atoms with Gasteiger partial charge in [-0.25, -0.2) is 8.42 Å². The maximum Gasteiger partial charge on any atom is 0.225 e. The lowest BCUT2D eigenvalue weighted by molar-refractivity contribution is -0.136. The first kappa shape index (κ1) is 20.9. The van der Waals surface area contributed by atoms with E-state index in [1.165, 1.54) is 0 Å². The smallest absolute Gasteiger partial charge is 0.225 e. The number of hydrogen-bond donors (Lipinski definition) is 1. The number of carbonyl (C=O) groups excluding carboxylic acids is 1. The van der Waals surface area contributed by atoms with E-state index >= 15 is 0 Å². The Labute approximate surface area is 158 Å². The third-order valence-electron chi connectivity index (χ3n) is 6.12. The summed E-state index contributed by atoms with van der Waals surface area (Å²) in [5, 5.41) is 2.89. The third kappa shape index (κ3) is 4.31. The zero-order valence-corrected chi connectivity index (χ0v) is 16.9. The van der Waals surface area contributed by atoms with Crippen molar-refractivity contribution in [1.82, 2.24) is 14.5 Å². The minimum Gasteiger partial charge on any atom is -0.341 e. The molecule has 2 heterocycles. The molecule has 3 aliphatic rings. The molecule has 1 saturated carbocycles. The summed E-state index contributed by atoms with van der Waals surface area (Å²) in [4.78, 5) is 14.5. The van der Waals surface area contributed by atoms with Crippen LogP contribution in [0.5, 0.6) is 0 Å². The second kappa shape index (κ2) is 8.55. The van der Waals surface area contributed by atoms with Crippen LogP contribution in [0.3, 0.4) is 0 Å². The number of sulfonamides is 1. The van der Waals surface area contributed by atoms with Crippen molar-refractivity contribution in [2.75, 3.05) is 26.2 Å². The van der Waals surface area contributed by atoms with Gasteiger partial charge in [0.05, 0.1) is 5.25 Å². The monoisotopic (exact) mass is 393 g/mol. The molecule has 146 valence electrons. The zero-order chi connectivity index (χ0) is 17.3. The molecule has 3 unspecified atom stereocenters. The van der Waals surface area contributed by atoms with Gasteiger partial charge in [0, 0.05) is 44.2 Å². The van der Waals surface area contributed by atoms with Gasteiger partial charge < -0.3 is 10.2 Å². The Balaban J connectivity index is 0.00000225. The number of amides is 1. The highest BCUT2D eigenvalue weighted by Crippen LogP contribution is 2.29. The van der Waals surface area contributed by atoms with E-state index in [1.54, 1.807) is 4.31 Å². The largest absolute Gasteiger partial charge is 0.341 e. The Morgan fingerprint density at radius 2 is 1.72 bits per heavy atom. The number of piperazine rings is 1. The predicted molar refractivity (Wildman–Crippen MR) is 101 cm³/mol. The average molecular weight is 394 g/mol. The molecular weight excluding hydrogens is 362 g/mol. The predicted octanol–water partition coefficient (Wildman–Crippen LogP) is 1.60. The number of nitrogens with zero attached hydrogens (tertiary/aromatic N) is 2. The molecule has 0 aromatic heterocycles. The minimum absolute atomic E-state index is 0. The molecule has 1 aliphatic carbocycles. The second-order valence-corrected chi connectivity index (χ2v) is 9.83. The number of carbonyl (C=O) groups is 1. The van der Waals surface area contributed by atoms with Crippen molar-refractivity contribution in [2.24, 2.45) is 5.92 Å². The summed E-state index contributed by atoms with van der Waals surface area (Å²) >= 11 is 0. The molecule has 6 nitrogen and oxygen atoms in total. The van der Waals surface area contributed by atoms with Gasteiger partial charge in [0.15, 0.2) is 0 Å². The molecule has 8 heteroatoms. The van der Waals surface area contributed by atoms with Crippen molar-refractivity contribution in [1.29, 1.82) is 0 Å². The van der Waals surface area contributed by atoms with Crippen molar-refractivity contribution in [3.8, 4) is 0 Å². The van der Waals surface area contributed by atoms with Gasteiger partial charge in [-0.05, 0) is 39.5 Å². The summed E-state index contributed by atoms with van der Waals surface area (Å²) in [6.45, 7) is 6.32. The Morgan fingerprint density at radius 3 is 2.40 bits per heavy atom. The van der Waals surface area contributed by atoms with Crippen molar-refractivity contribution < 1.29 is 13.2 Å². The average Bonchev–Trinajstić information content (AvgIpc) is 3.11. The van der Waals surface area contributed by atoms with Crippen molar-refractivity contribution in [3.63, 3.8) is 0 Å². The fraction of sp³-hybridized carbons (Fsp3) is 0.941. The highest BCUT2D eigenvalue weighted by Gasteiger charge is 2.41. The van der Waals surface area contributed by atoms with Crippen LogP contribution in [0.15, 0.2) is 0 Å². The molecule has 2 aliphatic heterocycles. The van der Waals surface area contributed by atoms with Crippen LogP contribution in [0, 0.1) is 5.92 Å². The summed E-state index contributed by atoms with van der Waals surface area (Å²) in [5.41, 5.74) is 0. The highest BCUT2D eigenvalue weighted by molar-refractivity contribution is 7.89. The lowest BCUT2D eigenvalue weighted by atomic mass is 10.0. The first-order valence-corrected chi connectivity index (χ1v) is 10.9. The van der Waals surface area contributed by atoms with Crippen LogP contribution >= 0.6 is 12.4 Å². The SMILES string of the molecule is CC1NCCN(S(=O)(=O)C2CCCN(C(=O)C3CCCC3)C2)C1C.Cl. The molecule has 0 spiro atoms. The van der Waals surface area contributed by atoms with Gasteiger partial charge in [-0.3, -0.25) is 4.79 Å². The standard InChI is InChI=1S/C17H31N3O3S.ClH/c1-13-14(2)20(11-9-18-13)24(22,23)16-8-5-10-19(12-16)17(21)15-6-3-4-7-15;/h13-16,18H,3-12H2,1-2H3;1H. The number of likely N-dealkylation sites (tertiary alicyclic amines) is 1. The van der Waals surface area contributed by atoms with Crippen LogP contribution in [0.2, 0.25) is 0 Å². The topological polar surface area (TPSA) is 69.7 Å². The normalized spacial score (nSPS) is 32.4. The van der Waals surface area contributed by atoms with Crippen molar-refractivity contribution in [2.45, 2.75) is 69.7 Å². The van der Waals surface area contributed by atoms with Crippen LogP contribution in [0.4, 0.5) is 0 Å². The summed E-state index contributed by atoms with van der Waals surface area (Å²) in [6, 6.07) is 0.123. The molecule has 0 aromatic carbocycles. The molecule has 3 atom stereocenters. The van der Waals surface area contributed by atoms with Crippen LogP contribution in [-0.4, -0.2) is 67.0 Å². The molecule has 1 amide bonds. The van der Waals surface area contributed by atoms with Gasteiger partial charge in [0.2, 0.25) is 15.9 Å². The van der Waals surface area contributed by atoms with E-state index < -0.39 is 15.3 Å². The van der Waals surface area contributed by atoms with Crippen LogP contribution in [0.1, 0.15) is 52.4 Å². The van der Waals surface area contributed by atoms with E-state index in [2.05, 4.69) is 5.32 Å². The minimum atomic E-state index is -3.36. The third-order valence-corrected chi connectivity index (χ3v) is 8.51. The van der Waals surface area contributed by atoms with E-state index in [0.29, 0.717) is 26.1 Å². The quantitative estimate of drug-likeness (QED) is 0.790. The molecule has 25 heavy (non-hydrogen) atoms. The van der Waals surface area contributed by atoms with E-state index in [4.69, 9.17) is 0 Å². The van der Waals surface area contributed by atoms with Crippen molar-refractivity contribution >= 4 is 28.3 Å². The Bertz CT molecular complexity index is 565. The van der Waals surface area contributed by atoms with Gasteiger partial charge in [0.1, 0.15) is 0 Å². The van der Waals surface area contributed by atoms with Gasteiger partial charge >= 0.3 is 0 Å². The first-order valence-electron chi connectivity index (χ1n) is 9.44. The number of halogens is 1. The van der Waals surface area contributed by atoms with Crippen molar-refractivity contribution in [3.05, 3.63) is 0 Å². The molecule has 2 saturated heterocycles. The molecule has 3 rings (SSSR count). The Kier molecular flexibility index (Phi) is 7.16. The lowest BCUT2D eigenvalue weighted by Gasteiger charge is -2.41. The number of nitrogens with one attached hydrogen (secondary N) is 1. The molecular formula is C17H32ClN3O3S. The zero-order valence-electron chi connectivity index (χ0n) is 15.3. The van der Waals surface area contributed by atoms with E-state index in [0.717, 1.165) is 38.6 Å². The number of hydrogen-bond acceptors (Lipinski definition) is 4. The van der Waals surface area contributed by atoms with Gasteiger partial charge in [-0.15, -0.1) is 12.4 Å². The number of piperidine rings is 1. The van der Waals surface area contributed by atoms with Gasteiger partial charge in [-0.2, -0.15) is 4.31 Å². The summed E-state index contributed by atoms with van der Waals surface area (Å²) in [7, 11) is -3.36. The van der Waals surface area contributed by atoms with Gasteiger partial charge in [-0.1, -0.05) is 12.8 Å².